The molecule has 0 radical (unpaired) electrons. The number of ether oxygens (including phenoxy) is 2. The topological polar surface area (TPSA) is 75.4 Å². The van der Waals surface area contributed by atoms with Crippen LogP contribution in [0.5, 0.6) is 17.2 Å². The Kier molecular flexibility index (Phi) is 6.57. The first-order valence-corrected chi connectivity index (χ1v) is 12.0. The van der Waals surface area contributed by atoms with Crippen molar-refractivity contribution in [2.75, 3.05) is 45.3 Å². The quantitative estimate of drug-likeness (QED) is 0.419. The zero-order chi connectivity index (χ0) is 25.2. The molecule has 0 saturated carbocycles. The first-order valence-electron chi connectivity index (χ1n) is 12.0. The predicted molar refractivity (Wildman–Crippen MR) is 141 cm³/mol. The molecule has 186 valence electrons. The van der Waals surface area contributed by atoms with E-state index in [9.17, 15) is 9.90 Å². The molecular weight excluding hydrogens is 456 g/mol. The van der Waals surface area contributed by atoms with Crippen LogP contribution >= 0.6 is 0 Å². The summed E-state index contributed by atoms with van der Waals surface area (Å²) < 4.78 is 17.0. The van der Waals surface area contributed by atoms with Crippen LogP contribution in [0.25, 0.3) is 22.1 Å². The molecule has 1 aromatic heterocycles. The molecule has 1 N–H and O–H groups in total. The Morgan fingerprint density at radius 1 is 0.917 bits per heavy atom. The maximum atomic E-state index is 13.6. The van der Waals surface area contributed by atoms with Crippen molar-refractivity contribution >= 4 is 16.7 Å². The Morgan fingerprint density at radius 2 is 1.64 bits per heavy atom. The van der Waals surface area contributed by atoms with Gasteiger partial charge in [-0.05, 0) is 49.4 Å². The molecule has 36 heavy (non-hydrogen) atoms. The predicted octanol–water partition coefficient (Wildman–Crippen LogP) is 4.81. The van der Waals surface area contributed by atoms with E-state index in [1.54, 1.807) is 33.3 Å². The molecule has 4 aromatic rings. The van der Waals surface area contributed by atoms with Crippen molar-refractivity contribution in [1.29, 1.82) is 0 Å². The lowest BCUT2D eigenvalue weighted by Crippen LogP contribution is -2.46. The minimum absolute atomic E-state index is 0.132. The van der Waals surface area contributed by atoms with Crippen LogP contribution in [-0.2, 0) is 6.54 Å². The van der Waals surface area contributed by atoms with Gasteiger partial charge in [-0.1, -0.05) is 18.2 Å². The molecule has 1 saturated heterocycles. The lowest BCUT2D eigenvalue weighted by Gasteiger charge is -2.36. The summed E-state index contributed by atoms with van der Waals surface area (Å²) in [6.07, 6.45) is 0. The molecule has 7 heteroatoms. The maximum Gasteiger partial charge on any atom is 0.200 e. The van der Waals surface area contributed by atoms with E-state index in [1.807, 2.05) is 36.4 Å². The summed E-state index contributed by atoms with van der Waals surface area (Å²) in [7, 11) is 3.25. The highest BCUT2D eigenvalue weighted by atomic mass is 16.5. The molecule has 0 aliphatic carbocycles. The number of phenols is 1. The highest BCUT2D eigenvalue weighted by Gasteiger charge is 2.23. The second kappa shape index (κ2) is 9.95. The number of benzene rings is 3. The Labute approximate surface area is 210 Å². The molecule has 7 nitrogen and oxygen atoms in total. The minimum atomic E-state index is -0.135. The third-order valence-corrected chi connectivity index (χ3v) is 6.88. The number of nitrogens with zero attached hydrogens (tertiary/aromatic N) is 2. The minimum Gasteiger partial charge on any atom is -0.507 e. The van der Waals surface area contributed by atoms with E-state index >= 15 is 0 Å². The van der Waals surface area contributed by atoms with E-state index in [2.05, 4.69) is 21.9 Å². The number of hydrogen-bond donors (Lipinski definition) is 1. The Bertz CT molecular complexity index is 1440. The van der Waals surface area contributed by atoms with E-state index in [4.69, 9.17) is 13.9 Å². The third-order valence-electron chi connectivity index (χ3n) is 6.88. The van der Waals surface area contributed by atoms with E-state index in [-0.39, 0.29) is 11.2 Å². The van der Waals surface area contributed by atoms with Crippen molar-refractivity contribution in [3.63, 3.8) is 0 Å². The van der Waals surface area contributed by atoms with Gasteiger partial charge in [0, 0.05) is 44.0 Å². The number of piperazine rings is 1. The molecular formula is C29H30N2O5. The van der Waals surface area contributed by atoms with E-state index in [0.29, 0.717) is 45.7 Å². The van der Waals surface area contributed by atoms with Gasteiger partial charge >= 0.3 is 0 Å². The first-order chi connectivity index (χ1) is 17.5. The van der Waals surface area contributed by atoms with Gasteiger partial charge in [0.25, 0.3) is 0 Å². The number of fused-ring (bicyclic) bond motifs is 1. The number of aryl methyl sites for hydroxylation is 1. The number of para-hydroxylation sites is 1. The van der Waals surface area contributed by atoms with Gasteiger partial charge in [0.05, 0.1) is 30.7 Å². The normalized spacial score (nSPS) is 14.2. The van der Waals surface area contributed by atoms with Crippen LogP contribution in [0.15, 0.2) is 69.9 Å². The van der Waals surface area contributed by atoms with E-state index in [0.717, 1.165) is 37.6 Å². The second-order valence-corrected chi connectivity index (χ2v) is 8.96. The molecule has 0 unspecified atom stereocenters. The summed E-state index contributed by atoms with van der Waals surface area (Å²) in [4.78, 5) is 18.2. The molecule has 5 rings (SSSR count). The van der Waals surface area contributed by atoms with Gasteiger partial charge < -0.3 is 23.9 Å². The molecule has 0 bridgehead atoms. The third kappa shape index (κ3) is 4.38. The van der Waals surface area contributed by atoms with Crippen molar-refractivity contribution in [3.8, 4) is 28.4 Å². The van der Waals surface area contributed by atoms with Gasteiger partial charge in [-0.2, -0.15) is 0 Å². The van der Waals surface area contributed by atoms with Crippen LogP contribution in [0.2, 0.25) is 0 Å². The number of anilines is 1. The maximum absolute atomic E-state index is 13.6. The summed E-state index contributed by atoms with van der Waals surface area (Å²) in [6, 6.07) is 18.7. The van der Waals surface area contributed by atoms with Crippen LogP contribution in [0, 0.1) is 6.92 Å². The van der Waals surface area contributed by atoms with Crippen LogP contribution in [0.4, 0.5) is 5.69 Å². The number of rotatable bonds is 6. The zero-order valence-corrected chi connectivity index (χ0v) is 20.8. The summed E-state index contributed by atoms with van der Waals surface area (Å²) in [5.41, 5.74) is 3.27. The number of aromatic hydroxyl groups is 1. The molecule has 0 spiro atoms. The van der Waals surface area contributed by atoms with Crippen molar-refractivity contribution in [3.05, 3.63) is 82.2 Å². The van der Waals surface area contributed by atoms with Crippen LogP contribution in [0.1, 0.15) is 11.3 Å². The van der Waals surface area contributed by atoms with Crippen molar-refractivity contribution in [2.45, 2.75) is 13.5 Å². The highest BCUT2D eigenvalue weighted by Crippen LogP contribution is 2.34. The fraction of sp³-hybridized carbons (Fsp3) is 0.276. The highest BCUT2D eigenvalue weighted by molar-refractivity contribution is 5.87. The van der Waals surface area contributed by atoms with Crippen LogP contribution in [-0.4, -0.2) is 50.4 Å². The molecule has 0 amide bonds. The molecule has 3 aromatic carbocycles. The largest absolute Gasteiger partial charge is 0.507 e. The summed E-state index contributed by atoms with van der Waals surface area (Å²) >= 11 is 0. The van der Waals surface area contributed by atoms with Gasteiger partial charge in [0.1, 0.15) is 28.6 Å². The van der Waals surface area contributed by atoms with Crippen molar-refractivity contribution < 1.29 is 19.0 Å². The summed E-state index contributed by atoms with van der Waals surface area (Å²) in [6.45, 7) is 5.65. The standard InChI is InChI=1S/C29H30N2O5/c1-19-27(22-6-4-5-7-26(22)35-3)28(33)23-12-13-25(32)24(29(23)36-19)18-30-14-16-31(17-15-30)20-8-10-21(34-2)11-9-20/h4-13,32H,14-18H2,1-3H3. The summed E-state index contributed by atoms with van der Waals surface area (Å²) in [5, 5.41) is 11.2. The molecule has 1 aliphatic rings. The number of hydrogen-bond acceptors (Lipinski definition) is 7. The molecule has 1 aliphatic heterocycles. The van der Waals surface area contributed by atoms with Crippen LogP contribution < -0.4 is 19.8 Å². The smallest absolute Gasteiger partial charge is 0.200 e. The lowest BCUT2D eigenvalue weighted by molar-refractivity contribution is 0.246. The average molecular weight is 487 g/mol. The lowest BCUT2D eigenvalue weighted by atomic mass is 10.00. The monoisotopic (exact) mass is 486 g/mol. The number of methoxy groups -OCH3 is 2. The van der Waals surface area contributed by atoms with Crippen LogP contribution in [0.3, 0.4) is 0 Å². The fourth-order valence-corrected chi connectivity index (χ4v) is 4.91. The van der Waals surface area contributed by atoms with E-state index in [1.165, 1.54) is 0 Å². The second-order valence-electron chi connectivity index (χ2n) is 8.96. The van der Waals surface area contributed by atoms with Gasteiger partial charge in [-0.3, -0.25) is 9.69 Å². The fourth-order valence-electron chi connectivity index (χ4n) is 4.91. The Hall–Kier alpha value is -3.97. The Morgan fingerprint density at radius 3 is 2.33 bits per heavy atom. The zero-order valence-electron chi connectivity index (χ0n) is 20.8. The number of phenolic OH excluding ortho intramolecular Hbond substituents is 1. The Balaban J connectivity index is 1.42. The first kappa shape index (κ1) is 23.8. The van der Waals surface area contributed by atoms with Crippen molar-refractivity contribution in [2.24, 2.45) is 0 Å². The molecule has 0 atom stereocenters. The van der Waals surface area contributed by atoms with E-state index < -0.39 is 0 Å². The van der Waals surface area contributed by atoms with Gasteiger partial charge in [-0.25, -0.2) is 0 Å². The molecule has 2 heterocycles. The van der Waals surface area contributed by atoms with Gasteiger partial charge in [0.15, 0.2) is 0 Å². The van der Waals surface area contributed by atoms with Gasteiger partial charge in [0.2, 0.25) is 5.43 Å². The SMILES string of the molecule is COc1ccc(N2CCN(Cc3c(O)ccc4c(=O)c(-c5ccccc5OC)c(C)oc34)CC2)cc1. The average Bonchev–Trinajstić information content (AvgIpc) is 2.91. The summed E-state index contributed by atoms with van der Waals surface area (Å²) in [5.74, 6) is 2.08. The van der Waals surface area contributed by atoms with Gasteiger partial charge in [-0.15, -0.1) is 0 Å². The van der Waals surface area contributed by atoms with Crippen molar-refractivity contribution in [1.82, 2.24) is 4.90 Å². The molecule has 1 fully saturated rings.